The van der Waals surface area contributed by atoms with E-state index in [-0.39, 0.29) is 0 Å². The molecule has 1 aromatic carbocycles. The maximum Gasteiger partial charge on any atom is 0.193 e. The first-order chi connectivity index (χ1) is 10.1. The highest BCUT2D eigenvalue weighted by atomic mass is 79.9. The van der Waals surface area contributed by atoms with Crippen molar-refractivity contribution in [3.8, 4) is 5.75 Å². The zero-order chi connectivity index (χ0) is 15.7. The zero-order valence-electron chi connectivity index (χ0n) is 13.9. The first kappa shape index (κ1) is 18.7. The van der Waals surface area contributed by atoms with Crippen molar-refractivity contribution in [2.45, 2.75) is 64.8 Å². The molecule has 21 heavy (non-hydrogen) atoms. The Morgan fingerprint density at radius 2 is 1.57 bits per heavy atom. The average Bonchev–Trinajstić information content (AvgIpc) is 2.47. The molecule has 4 heteroatoms. The fraction of sp³-hybridized carbons (Fsp3) is 0.647. The summed E-state index contributed by atoms with van der Waals surface area (Å²) in [6.45, 7) is 7.53. The van der Waals surface area contributed by atoms with Gasteiger partial charge in [-0.05, 0) is 41.9 Å². The molecule has 1 rings (SSSR count). The maximum atomic E-state index is 6.57. The second kappa shape index (κ2) is 9.64. The van der Waals surface area contributed by atoms with Crippen molar-refractivity contribution < 1.29 is 9.16 Å². The minimum Gasteiger partial charge on any atom is -0.497 e. The van der Waals surface area contributed by atoms with E-state index in [1.807, 2.05) is 12.1 Å². The second-order valence-electron chi connectivity index (χ2n) is 5.68. The molecule has 0 unspecified atom stereocenters. The third kappa shape index (κ3) is 5.76. The molecule has 0 fully saturated rings. The Morgan fingerprint density at radius 1 is 1.00 bits per heavy atom. The van der Waals surface area contributed by atoms with E-state index in [1.54, 1.807) is 7.11 Å². The number of methoxy groups -OCH3 is 1. The summed E-state index contributed by atoms with van der Waals surface area (Å²) >= 11 is 3.62. The van der Waals surface area contributed by atoms with Crippen LogP contribution in [0.1, 0.15) is 45.6 Å². The Kier molecular flexibility index (Phi) is 8.60. The molecule has 0 aliphatic carbocycles. The Bertz CT molecular complexity index is 406. The Balaban J connectivity index is 2.84. The van der Waals surface area contributed by atoms with Crippen LogP contribution in [0.5, 0.6) is 5.75 Å². The van der Waals surface area contributed by atoms with E-state index in [0.29, 0.717) is 6.61 Å². The lowest BCUT2D eigenvalue weighted by Crippen LogP contribution is -2.37. The van der Waals surface area contributed by atoms with Gasteiger partial charge in [0.05, 0.1) is 13.7 Å². The van der Waals surface area contributed by atoms with Gasteiger partial charge in [-0.3, -0.25) is 0 Å². The summed E-state index contributed by atoms with van der Waals surface area (Å²) < 4.78 is 13.0. The number of rotatable bonds is 10. The number of ether oxygens (including phenoxy) is 1. The lowest BCUT2D eigenvalue weighted by atomic mass is 10.2. The molecule has 0 atom stereocenters. The molecule has 120 valence electrons. The first-order valence-electron chi connectivity index (χ1n) is 8.07. The Morgan fingerprint density at radius 3 is 2.05 bits per heavy atom. The second-order valence-corrected chi connectivity index (χ2v) is 10.7. The van der Waals surface area contributed by atoms with Crippen LogP contribution in [0, 0.1) is 0 Å². The third-order valence-corrected chi connectivity index (χ3v) is 9.67. The van der Waals surface area contributed by atoms with Crippen molar-refractivity contribution in [1.29, 1.82) is 0 Å². The van der Waals surface area contributed by atoms with Gasteiger partial charge in [0.15, 0.2) is 8.32 Å². The van der Waals surface area contributed by atoms with Crippen molar-refractivity contribution in [2.75, 3.05) is 7.11 Å². The molecule has 2 nitrogen and oxygen atoms in total. The van der Waals surface area contributed by atoms with E-state index >= 15 is 0 Å². The van der Waals surface area contributed by atoms with Gasteiger partial charge in [0.2, 0.25) is 0 Å². The van der Waals surface area contributed by atoms with Gasteiger partial charge >= 0.3 is 0 Å². The molecule has 0 saturated heterocycles. The van der Waals surface area contributed by atoms with Crippen LogP contribution >= 0.6 is 15.9 Å². The standard InChI is InChI=1S/C17H29BrO2Si/c1-5-10-21(11-6-2,12-7-3)20-14-15-13-16(19-4)8-9-17(15)18/h8-9,13H,5-7,10-12,14H2,1-4H3. The van der Waals surface area contributed by atoms with Crippen LogP contribution in [-0.4, -0.2) is 15.4 Å². The van der Waals surface area contributed by atoms with Gasteiger partial charge in [-0.25, -0.2) is 0 Å². The van der Waals surface area contributed by atoms with Gasteiger partial charge in [0.25, 0.3) is 0 Å². The number of hydrogen-bond donors (Lipinski definition) is 0. The van der Waals surface area contributed by atoms with Crippen molar-refractivity contribution in [3.63, 3.8) is 0 Å². The lowest BCUT2D eigenvalue weighted by molar-refractivity contribution is 0.281. The molecule has 0 spiro atoms. The summed E-state index contributed by atoms with van der Waals surface area (Å²) in [7, 11) is 0.116. The largest absolute Gasteiger partial charge is 0.497 e. The van der Waals surface area contributed by atoms with Crippen LogP contribution in [0.15, 0.2) is 22.7 Å². The summed E-state index contributed by atoms with van der Waals surface area (Å²) in [5, 5.41) is 0. The fourth-order valence-corrected chi connectivity index (χ4v) is 7.72. The van der Waals surface area contributed by atoms with Gasteiger partial charge in [0.1, 0.15) is 5.75 Å². The number of hydrogen-bond acceptors (Lipinski definition) is 2. The van der Waals surface area contributed by atoms with Crippen LogP contribution < -0.4 is 4.74 Å². The van der Waals surface area contributed by atoms with Gasteiger partial charge in [-0.15, -0.1) is 0 Å². The molecular formula is C17H29BrO2Si. The summed E-state index contributed by atoms with van der Waals surface area (Å²) in [4.78, 5) is 0. The SMILES string of the molecule is CCC[Si](CCC)(CCC)OCc1cc(OC)ccc1Br. The fourth-order valence-electron chi connectivity index (χ4n) is 2.98. The van der Waals surface area contributed by atoms with Crippen LogP contribution in [0.3, 0.4) is 0 Å². The molecule has 0 aliphatic heterocycles. The van der Waals surface area contributed by atoms with Crippen molar-refractivity contribution in [1.82, 2.24) is 0 Å². The number of halogens is 1. The van der Waals surface area contributed by atoms with Crippen molar-refractivity contribution in [2.24, 2.45) is 0 Å². The molecule has 0 heterocycles. The highest BCUT2D eigenvalue weighted by Crippen LogP contribution is 2.30. The van der Waals surface area contributed by atoms with Crippen molar-refractivity contribution in [3.05, 3.63) is 28.2 Å². The predicted octanol–water partition coefficient (Wildman–Crippen LogP) is 6.15. The molecule has 0 N–H and O–H groups in total. The zero-order valence-corrected chi connectivity index (χ0v) is 16.5. The molecule has 0 bridgehead atoms. The molecule has 0 saturated carbocycles. The summed E-state index contributed by atoms with van der Waals surface area (Å²) in [5.41, 5.74) is 1.19. The van der Waals surface area contributed by atoms with E-state index in [0.717, 1.165) is 10.2 Å². The van der Waals surface area contributed by atoms with E-state index in [1.165, 1.54) is 43.0 Å². The van der Waals surface area contributed by atoms with Crippen LogP contribution in [0.2, 0.25) is 18.1 Å². The maximum absolute atomic E-state index is 6.57. The Labute approximate surface area is 139 Å². The molecule has 1 aromatic rings. The van der Waals surface area contributed by atoms with Crippen LogP contribution in [0.4, 0.5) is 0 Å². The normalized spacial score (nSPS) is 11.7. The average molecular weight is 373 g/mol. The molecule has 0 aromatic heterocycles. The van der Waals surface area contributed by atoms with Crippen molar-refractivity contribution >= 4 is 24.2 Å². The van der Waals surface area contributed by atoms with E-state index < -0.39 is 8.32 Å². The molecule has 0 amide bonds. The molecule has 0 radical (unpaired) electrons. The minimum absolute atomic E-state index is 0.698. The Hall–Kier alpha value is -0.323. The van der Waals surface area contributed by atoms with E-state index in [2.05, 4.69) is 42.8 Å². The monoisotopic (exact) mass is 372 g/mol. The van der Waals surface area contributed by atoms with Gasteiger partial charge in [-0.1, -0.05) is 56.0 Å². The number of benzene rings is 1. The predicted molar refractivity (Wildman–Crippen MR) is 96.5 cm³/mol. The van der Waals surface area contributed by atoms with Gasteiger partial charge in [0, 0.05) is 4.47 Å². The molecule has 0 aliphatic rings. The topological polar surface area (TPSA) is 18.5 Å². The summed E-state index contributed by atoms with van der Waals surface area (Å²) in [6.07, 6.45) is 3.68. The highest BCUT2D eigenvalue weighted by molar-refractivity contribution is 9.10. The summed E-state index contributed by atoms with van der Waals surface area (Å²) in [5.74, 6) is 0.894. The van der Waals surface area contributed by atoms with E-state index in [9.17, 15) is 0 Å². The van der Waals surface area contributed by atoms with Crippen LogP contribution in [0.25, 0.3) is 0 Å². The molecular weight excluding hydrogens is 344 g/mol. The summed E-state index contributed by atoms with van der Waals surface area (Å²) in [6, 6.07) is 9.92. The van der Waals surface area contributed by atoms with Gasteiger partial charge < -0.3 is 9.16 Å². The highest BCUT2D eigenvalue weighted by Gasteiger charge is 2.32. The smallest absolute Gasteiger partial charge is 0.193 e. The van der Waals surface area contributed by atoms with E-state index in [4.69, 9.17) is 9.16 Å². The first-order valence-corrected chi connectivity index (χ1v) is 11.4. The van der Waals surface area contributed by atoms with Gasteiger partial charge in [-0.2, -0.15) is 0 Å². The third-order valence-electron chi connectivity index (χ3n) is 3.90. The lowest BCUT2D eigenvalue weighted by Gasteiger charge is -2.31. The minimum atomic E-state index is -1.59. The van der Waals surface area contributed by atoms with Crippen LogP contribution in [-0.2, 0) is 11.0 Å². The quantitative estimate of drug-likeness (QED) is 0.458.